The third-order valence-corrected chi connectivity index (χ3v) is 4.14. The van der Waals surface area contributed by atoms with Crippen molar-refractivity contribution in [1.29, 1.82) is 0 Å². The molecule has 24 heavy (non-hydrogen) atoms. The van der Waals surface area contributed by atoms with E-state index in [2.05, 4.69) is 15.2 Å². The lowest BCUT2D eigenvalue weighted by atomic mass is 9.77. The first kappa shape index (κ1) is 16.4. The first-order valence-electron chi connectivity index (χ1n) is 7.45. The van der Waals surface area contributed by atoms with Gasteiger partial charge in [0.2, 0.25) is 0 Å². The summed E-state index contributed by atoms with van der Waals surface area (Å²) in [5.41, 5.74) is 6.60. The van der Waals surface area contributed by atoms with Gasteiger partial charge in [0.15, 0.2) is 5.82 Å². The van der Waals surface area contributed by atoms with Gasteiger partial charge in [-0.15, -0.1) is 12.4 Å². The molecule has 124 valence electrons. The van der Waals surface area contributed by atoms with Gasteiger partial charge >= 0.3 is 0 Å². The summed E-state index contributed by atoms with van der Waals surface area (Å²) in [5.74, 6) is 0.763. The molecule has 2 aromatic heterocycles. The number of benzene rings is 1. The molecule has 2 heterocycles. The summed E-state index contributed by atoms with van der Waals surface area (Å²) in [6, 6.07) is 12.2. The molecule has 0 bridgehead atoms. The van der Waals surface area contributed by atoms with Gasteiger partial charge in [-0.25, -0.2) is 0 Å². The minimum Gasteiger partial charge on any atom is -0.332 e. The zero-order chi connectivity index (χ0) is 15.9. The number of nitrogens with two attached hydrogens (primary N) is 1. The predicted octanol–water partition coefficient (Wildman–Crippen LogP) is 2.04. The van der Waals surface area contributed by atoms with Crippen molar-refractivity contribution in [2.75, 3.05) is 0 Å². The van der Waals surface area contributed by atoms with E-state index in [0.717, 1.165) is 19.3 Å². The maximum absolute atomic E-state index is 12.0. The zero-order valence-corrected chi connectivity index (χ0v) is 13.6. The summed E-state index contributed by atoms with van der Waals surface area (Å²) in [6.07, 6.45) is 2.77. The lowest BCUT2D eigenvalue weighted by molar-refractivity contribution is 0.229. The number of aromatic nitrogens is 4. The maximum Gasteiger partial charge on any atom is 0.278 e. The van der Waals surface area contributed by atoms with Crippen LogP contribution in [0.15, 0.2) is 51.8 Å². The summed E-state index contributed by atoms with van der Waals surface area (Å²) in [4.78, 5) is 16.4. The molecule has 8 heteroatoms. The van der Waals surface area contributed by atoms with Crippen LogP contribution in [0.2, 0.25) is 0 Å². The Bertz CT molecular complexity index is 902. The van der Waals surface area contributed by atoms with Gasteiger partial charge in [0.25, 0.3) is 11.4 Å². The van der Waals surface area contributed by atoms with E-state index in [1.54, 1.807) is 18.2 Å². The minimum absolute atomic E-state index is 0. The Hall–Kier alpha value is -2.51. The van der Waals surface area contributed by atoms with Crippen molar-refractivity contribution in [2.24, 2.45) is 5.73 Å². The van der Waals surface area contributed by atoms with Crippen molar-refractivity contribution in [3.8, 4) is 17.3 Å². The Morgan fingerprint density at radius 2 is 1.88 bits per heavy atom. The SMILES string of the molecule is Cl.NC1(c2noc(-c3ccc(=O)n(-c4ccccc4)n3)n2)CCC1. The first-order chi connectivity index (χ1) is 11.2. The summed E-state index contributed by atoms with van der Waals surface area (Å²) in [7, 11) is 0. The van der Waals surface area contributed by atoms with Crippen LogP contribution in [0, 0.1) is 0 Å². The number of hydrogen-bond acceptors (Lipinski definition) is 6. The summed E-state index contributed by atoms with van der Waals surface area (Å²) in [5, 5.41) is 8.29. The van der Waals surface area contributed by atoms with Crippen LogP contribution < -0.4 is 11.3 Å². The van der Waals surface area contributed by atoms with E-state index in [0.29, 0.717) is 17.2 Å². The molecule has 1 aliphatic rings. The van der Waals surface area contributed by atoms with E-state index in [1.807, 2.05) is 18.2 Å². The lowest BCUT2D eigenvalue weighted by Crippen LogP contribution is -2.44. The molecule has 1 aliphatic carbocycles. The van der Waals surface area contributed by atoms with E-state index in [-0.39, 0.29) is 23.9 Å². The molecule has 7 nitrogen and oxygen atoms in total. The van der Waals surface area contributed by atoms with E-state index in [4.69, 9.17) is 10.3 Å². The molecular formula is C16H16ClN5O2. The number of nitrogens with zero attached hydrogens (tertiary/aromatic N) is 4. The molecule has 4 rings (SSSR count). The van der Waals surface area contributed by atoms with Gasteiger partial charge in [0.05, 0.1) is 11.2 Å². The van der Waals surface area contributed by atoms with Crippen LogP contribution in [-0.4, -0.2) is 19.9 Å². The summed E-state index contributed by atoms with van der Waals surface area (Å²) in [6.45, 7) is 0. The smallest absolute Gasteiger partial charge is 0.278 e. The molecule has 2 N–H and O–H groups in total. The molecule has 0 saturated heterocycles. The molecule has 1 saturated carbocycles. The van der Waals surface area contributed by atoms with Crippen molar-refractivity contribution < 1.29 is 4.52 Å². The van der Waals surface area contributed by atoms with E-state index >= 15 is 0 Å². The van der Waals surface area contributed by atoms with Crippen molar-refractivity contribution in [3.05, 3.63) is 58.6 Å². The summed E-state index contributed by atoms with van der Waals surface area (Å²) >= 11 is 0. The Kier molecular flexibility index (Phi) is 4.21. The second kappa shape index (κ2) is 6.18. The van der Waals surface area contributed by atoms with Crippen LogP contribution in [0.5, 0.6) is 0 Å². The third kappa shape index (κ3) is 2.72. The number of rotatable bonds is 3. The second-order valence-corrected chi connectivity index (χ2v) is 5.74. The molecule has 0 aliphatic heterocycles. The number of halogens is 1. The highest BCUT2D eigenvalue weighted by Crippen LogP contribution is 2.37. The van der Waals surface area contributed by atoms with Crippen LogP contribution in [-0.2, 0) is 5.54 Å². The number of hydrogen-bond donors (Lipinski definition) is 1. The largest absolute Gasteiger partial charge is 0.332 e. The quantitative estimate of drug-likeness (QED) is 0.779. The van der Waals surface area contributed by atoms with Gasteiger partial charge in [-0.05, 0) is 37.5 Å². The Morgan fingerprint density at radius 3 is 2.54 bits per heavy atom. The average molecular weight is 346 g/mol. The Balaban J connectivity index is 0.00000169. The second-order valence-electron chi connectivity index (χ2n) is 5.74. The molecular weight excluding hydrogens is 330 g/mol. The maximum atomic E-state index is 12.0. The van der Waals surface area contributed by atoms with Gasteiger partial charge in [-0.1, -0.05) is 23.4 Å². The van der Waals surface area contributed by atoms with Gasteiger partial charge < -0.3 is 10.3 Å². The summed E-state index contributed by atoms with van der Waals surface area (Å²) < 4.78 is 6.59. The molecule has 0 spiro atoms. The monoisotopic (exact) mass is 345 g/mol. The number of para-hydroxylation sites is 1. The minimum atomic E-state index is -0.490. The fourth-order valence-corrected chi connectivity index (χ4v) is 2.59. The van der Waals surface area contributed by atoms with Crippen LogP contribution in [0.4, 0.5) is 0 Å². The van der Waals surface area contributed by atoms with Gasteiger partial charge in [0.1, 0.15) is 5.69 Å². The van der Waals surface area contributed by atoms with E-state index in [9.17, 15) is 4.79 Å². The van der Waals surface area contributed by atoms with Crippen LogP contribution in [0.3, 0.4) is 0 Å². The van der Waals surface area contributed by atoms with Crippen molar-refractivity contribution in [3.63, 3.8) is 0 Å². The highest BCUT2D eigenvalue weighted by Gasteiger charge is 2.39. The lowest BCUT2D eigenvalue weighted by Gasteiger charge is -2.34. The molecule has 0 radical (unpaired) electrons. The normalized spacial score (nSPS) is 15.4. The van der Waals surface area contributed by atoms with Gasteiger partial charge in [-0.3, -0.25) is 4.79 Å². The standard InChI is InChI=1S/C16H15N5O2.ClH/c17-16(9-4-10-16)15-18-14(23-20-15)12-7-8-13(22)21(19-12)11-5-2-1-3-6-11;/h1-3,5-8H,4,9-10,17H2;1H. The molecule has 3 aromatic rings. The highest BCUT2D eigenvalue weighted by molar-refractivity contribution is 5.85. The van der Waals surface area contributed by atoms with Crippen molar-refractivity contribution in [2.45, 2.75) is 24.8 Å². The molecule has 0 amide bonds. The Morgan fingerprint density at radius 1 is 1.12 bits per heavy atom. The van der Waals surface area contributed by atoms with Crippen LogP contribution in [0.25, 0.3) is 17.3 Å². The Labute approximate surface area is 143 Å². The average Bonchev–Trinajstić information content (AvgIpc) is 3.04. The first-order valence-corrected chi connectivity index (χ1v) is 7.45. The zero-order valence-electron chi connectivity index (χ0n) is 12.8. The van der Waals surface area contributed by atoms with Crippen molar-refractivity contribution in [1.82, 2.24) is 19.9 Å². The van der Waals surface area contributed by atoms with E-state index < -0.39 is 5.54 Å². The fourth-order valence-electron chi connectivity index (χ4n) is 2.59. The van der Waals surface area contributed by atoms with Gasteiger partial charge in [-0.2, -0.15) is 14.8 Å². The molecule has 0 atom stereocenters. The predicted molar refractivity (Wildman–Crippen MR) is 90.1 cm³/mol. The topological polar surface area (TPSA) is 99.8 Å². The molecule has 0 unspecified atom stereocenters. The van der Waals surface area contributed by atoms with Crippen molar-refractivity contribution >= 4 is 12.4 Å². The van der Waals surface area contributed by atoms with Gasteiger partial charge in [0, 0.05) is 6.07 Å². The van der Waals surface area contributed by atoms with E-state index in [1.165, 1.54) is 10.7 Å². The molecule has 1 aromatic carbocycles. The molecule has 1 fully saturated rings. The van der Waals surface area contributed by atoms with Crippen LogP contribution >= 0.6 is 12.4 Å². The third-order valence-electron chi connectivity index (χ3n) is 4.14. The fraction of sp³-hybridized carbons (Fsp3) is 0.250. The highest BCUT2D eigenvalue weighted by atomic mass is 35.5. The van der Waals surface area contributed by atoms with Crippen LogP contribution in [0.1, 0.15) is 25.1 Å².